The molecule has 0 aliphatic carbocycles. The Morgan fingerprint density at radius 2 is 1.67 bits per heavy atom. The lowest BCUT2D eigenvalue weighted by atomic mass is 10.2. The highest BCUT2D eigenvalue weighted by molar-refractivity contribution is 6.30. The normalized spacial score (nSPS) is 11.7. The number of hydrazone groups is 1. The lowest BCUT2D eigenvalue weighted by Gasteiger charge is -2.14. The molecule has 1 unspecified atom stereocenters. The molecule has 1 amide bonds. The van der Waals surface area contributed by atoms with Crippen molar-refractivity contribution >= 4 is 29.4 Å². The highest BCUT2D eigenvalue weighted by Gasteiger charge is 2.13. The van der Waals surface area contributed by atoms with Crippen molar-refractivity contribution in [3.8, 4) is 17.2 Å². The van der Waals surface area contributed by atoms with Crippen LogP contribution in [0.1, 0.15) is 12.5 Å². The quantitative estimate of drug-likeness (QED) is 0.533. The van der Waals surface area contributed by atoms with Crippen LogP contribution in [0.5, 0.6) is 17.2 Å². The van der Waals surface area contributed by atoms with E-state index in [-0.39, 0.29) is 5.91 Å². The molecule has 2 N–H and O–H groups in total. The number of amides is 1. The highest BCUT2D eigenvalue weighted by Crippen LogP contribution is 2.37. The van der Waals surface area contributed by atoms with Gasteiger partial charge in [0.2, 0.25) is 5.75 Å². The van der Waals surface area contributed by atoms with Crippen LogP contribution in [-0.2, 0) is 4.79 Å². The topological polar surface area (TPSA) is 81.2 Å². The van der Waals surface area contributed by atoms with Crippen LogP contribution in [0.3, 0.4) is 0 Å². The maximum absolute atomic E-state index is 12.2. The first kappa shape index (κ1) is 20.4. The Morgan fingerprint density at radius 1 is 1.07 bits per heavy atom. The van der Waals surface area contributed by atoms with E-state index in [2.05, 4.69) is 15.8 Å². The SMILES string of the molecule is COc1cc(/C=N/NC(=O)C(C)Nc2ccc(Cl)cc2)cc(OC)c1OC. The number of methoxy groups -OCH3 is 3. The summed E-state index contributed by atoms with van der Waals surface area (Å²) in [6, 6.07) is 10.1. The number of nitrogens with zero attached hydrogens (tertiary/aromatic N) is 1. The third-order valence-corrected chi connectivity index (χ3v) is 3.95. The second kappa shape index (κ2) is 9.68. The zero-order valence-corrected chi connectivity index (χ0v) is 16.3. The van der Waals surface area contributed by atoms with Crippen molar-refractivity contribution in [3.05, 3.63) is 47.0 Å². The summed E-state index contributed by atoms with van der Waals surface area (Å²) in [5.74, 6) is 1.21. The van der Waals surface area contributed by atoms with Crippen molar-refractivity contribution in [2.45, 2.75) is 13.0 Å². The summed E-state index contributed by atoms with van der Waals surface area (Å²) in [5.41, 5.74) is 3.97. The Morgan fingerprint density at radius 3 is 2.19 bits per heavy atom. The number of carbonyl (C=O) groups is 1. The summed E-state index contributed by atoms with van der Waals surface area (Å²) in [6.45, 7) is 1.74. The van der Waals surface area contributed by atoms with Gasteiger partial charge in [-0.3, -0.25) is 4.79 Å². The van der Waals surface area contributed by atoms with Gasteiger partial charge in [0.1, 0.15) is 6.04 Å². The van der Waals surface area contributed by atoms with Gasteiger partial charge >= 0.3 is 0 Å². The van der Waals surface area contributed by atoms with Gasteiger partial charge < -0.3 is 19.5 Å². The molecule has 0 spiro atoms. The molecule has 0 saturated heterocycles. The monoisotopic (exact) mass is 391 g/mol. The van der Waals surface area contributed by atoms with E-state index in [9.17, 15) is 4.79 Å². The number of halogens is 1. The summed E-state index contributed by atoms with van der Waals surface area (Å²) in [6.07, 6.45) is 1.50. The average molecular weight is 392 g/mol. The first-order valence-corrected chi connectivity index (χ1v) is 8.51. The number of rotatable bonds is 8. The Labute approximate surface area is 163 Å². The largest absolute Gasteiger partial charge is 0.493 e. The van der Waals surface area contributed by atoms with Crippen LogP contribution in [0.2, 0.25) is 5.02 Å². The van der Waals surface area contributed by atoms with Crippen LogP contribution < -0.4 is 25.0 Å². The molecule has 27 heavy (non-hydrogen) atoms. The molecule has 7 nitrogen and oxygen atoms in total. The third-order valence-electron chi connectivity index (χ3n) is 3.70. The number of hydrogen-bond donors (Lipinski definition) is 2. The van der Waals surface area contributed by atoms with E-state index in [4.69, 9.17) is 25.8 Å². The molecule has 0 radical (unpaired) electrons. The van der Waals surface area contributed by atoms with Crippen LogP contribution in [0.15, 0.2) is 41.5 Å². The molecular weight excluding hydrogens is 370 g/mol. The number of nitrogens with one attached hydrogen (secondary N) is 2. The minimum Gasteiger partial charge on any atom is -0.493 e. The van der Waals surface area contributed by atoms with Crippen LogP contribution in [0.25, 0.3) is 0 Å². The Bertz CT molecular complexity index is 784. The maximum atomic E-state index is 12.2. The standard InChI is InChI=1S/C19H22ClN3O4/c1-12(22-15-7-5-14(20)6-8-15)19(24)23-21-11-13-9-16(25-2)18(27-4)17(10-13)26-3/h5-12,22H,1-4H3,(H,23,24)/b21-11+. The molecule has 1 atom stereocenters. The molecule has 144 valence electrons. The second-order valence-electron chi connectivity index (χ2n) is 5.57. The minimum atomic E-state index is -0.483. The fraction of sp³-hybridized carbons (Fsp3) is 0.263. The molecule has 0 aromatic heterocycles. The van der Waals surface area contributed by atoms with Gasteiger partial charge in [0.05, 0.1) is 27.5 Å². The third kappa shape index (κ3) is 5.52. The van der Waals surface area contributed by atoms with Gasteiger partial charge in [-0.25, -0.2) is 5.43 Å². The molecule has 8 heteroatoms. The second-order valence-corrected chi connectivity index (χ2v) is 6.00. The maximum Gasteiger partial charge on any atom is 0.262 e. The fourth-order valence-electron chi connectivity index (χ4n) is 2.30. The van der Waals surface area contributed by atoms with Gasteiger partial charge in [0.15, 0.2) is 11.5 Å². The van der Waals surface area contributed by atoms with E-state index in [0.717, 1.165) is 5.69 Å². The zero-order valence-electron chi connectivity index (χ0n) is 15.6. The molecular formula is C19H22ClN3O4. The smallest absolute Gasteiger partial charge is 0.262 e. The molecule has 0 aliphatic rings. The summed E-state index contributed by atoms with van der Waals surface area (Å²) in [4.78, 5) is 12.2. The lowest BCUT2D eigenvalue weighted by Crippen LogP contribution is -2.34. The van der Waals surface area contributed by atoms with E-state index >= 15 is 0 Å². The Kier molecular flexibility index (Phi) is 7.31. The van der Waals surface area contributed by atoms with Gasteiger partial charge in [-0.1, -0.05) is 11.6 Å². The van der Waals surface area contributed by atoms with E-state index in [1.54, 1.807) is 43.3 Å². The molecule has 0 saturated carbocycles. The van der Waals surface area contributed by atoms with E-state index in [1.807, 2.05) is 0 Å². The highest BCUT2D eigenvalue weighted by atomic mass is 35.5. The van der Waals surface area contributed by atoms with Gasteiger partial charge in [0, 0.05) is 16.3 Å². The number of carbonyl (C=O) groups excluding carboxylic acids is 1. The molecule has 0 fully saturated rings. The first-order chi connectivity index (χ1) is 13.0. The molecule has 0 heterocycles. The summed E-state index contributed by atoms with van der Waals surface area (Å²) >= 11 is 5.85. The van der Waals surface area contributed by atoms with Gasteiger partial charge in [-0.15, -0.1) is 0 Å². The Hall–Kier alpha value is -2.93. The molecule has 0 bridgehead atoms. The van der Waals surface area contributed by atoms with E-state index < -0.39 is 6.04 Å². The number of benzene rings is 2. The predicted octanol–water partition coefficient (Wildman–Crippen LogP) is 3.32. The Balaban J connectivity index is 2.01. The van der Waals surface area contributed by atoms with Crippen molar-refractivity contribution < 1.29 is 19.0 Å². The molecule has 2 rings (SSSR count). The number of anilines is 1. The van der Waals surface area contributed by atoms with Gasteiger partial charge in [-0.05, 0) is 43.3 Å². The van der Waals surface area contributed by atoms with Crippen LogP contribution in [0, 0.1) is 0 Å². The summed E-state index contributed by atoms with van der Waals surface area (Å²) in [5, 5.41) is 7.69. The van der Waals surface area contributed by atoms with Crippen LogP contribution >= 0.6 is 11.6 Å². The molecule has 2 aromatic rings. The van der Waals surface area contributed by atoms with Crippen molar-refractivity contribution in [1.82, 2.24) is 5.43 Å². The van der Waals surface area contributed by atoms with Crippen molar-refractivity contribution in [3.63, 3.8) is 0 Å². The number of hydrogen-bond acceptors (Lipinski definition) is 6. The fourth-order valence-corrected chi connectivity index (χ4v) is 2.43. The summed E-state index contributed by atoms with van der Waals surface area (Å²) < 4.78 is 15.8. The van der Waals surface area contributed by atoms with Crippen molar-refractivity contribution in [2.75, 3.05) is 26.6 Å². The predicted molar refractivity (Wildman–Crippen MR) is 106 cm³/mol. The summed E-state index contributed by atoms with van der Waals surface area (Å²) in [7, 11) is 4.59. The van der Waals surface area contributed by atoms with E-state index in [1.165, 1.54) is 27.5 Å². The van der Waals surface area contributed by atoms with Crippen molar-refractivity contribution in [2.24, 2.45) is 5.10 Å². The zero-order chi connectivity index (χ0) is 19.8. The average Bonchev–Trinajstić information content (AvgIpc) is 2.68. The molecule has 2 aromatic carbocycles. The van der Waals surface area contributed by atoms with E-state index in [0.29, 0.717) is 27.8 Å². The van der Waals surface area contributed by atoms with Gasteiger partial charge in [0.25, 0.3) is 5.91 Å². The first-order valence-electron chi connectivity index (χ1n) is 8.13. The van der Waals surface area contributed by atoms with Crippen molar-refractivity contribution in [1.29, 1.82) is 0 Å². The van der Waals surface area contributed by atoms with Gasteiger partial charge in [-0.2, -0.15) is 5.10 Å². The number of ether oxygens (including phenoxy) is 3. The minimum absolute atomic E-state index is 0.284. The van der Waals surface area contributed by atoms with Crippen LogP contribution in [-0.4, -0.2) is 39.5 Å². The lowest BCUT2D eigenvalue weighted by molar-refractivity contribution is -0.121. The molecule has 0 aliphatic heterocycles. The van der Waals surface area contributed by atoms with Crippen LogP contribution in [0.4, 0.5) is 5.69 Å².